The van der Waals surface area contributed by atoms with E-state index >= 15 is 0 Å². The van der Waals surface area contributed by atoms with Gasteiger partial charge < -0.3 is 10.6 Å². The van der Waals surface area contributed by atoms with E-state index in [9.17, 15) is 26.0 Å². The van der Waals surface area contributed by atoms with Gasteiger partial charge in [-0.25, -0.2) is 17.8 Å². The van der Waals surface area contributed by atoms with E-state index in [-0.39, 0.29) is 10.3 Å². The Bertz CT molecular complexity index is 916. The molecule has 0 radical (unpaired) electrons. The van der Waals surface area contributed by atoms with Crippen molar-refractivity contribution in [1.29, 1.82) is 0 Å². The Hall–Kier alpha value is -2.63. The molecule has 2 aromatic rings. The van der Waals surface area contributed by atoms with E-state index in [1.165, 1.54) is 0 Å². The second kappa shape index (κ2) is 8.17. The van der Waals surface area contributed by atoms with Crippen LogP contribution in [0.5, 0.6) is 0 Å². The zero-order chi connectivity index (χ0) is 21.1. The lowest BCUT2D eigenvalue weighted by atomic mass is 10.4. The second-order valence-electron chi connectivity index (χ2n) is 5.69. The number of nitrogens with two attached hydrogens (primary N) is 1. The monoisotopic (exact) mass is 421 g/mol. The van der Waals surface area contributed by atoms with Crippen LogP contribution in [0.4, 0.5) is 35.0 Å². The van der Waals surface area contributed by atoms with Crippen LogP contribution < -0.4 is 14.9 Å². The lowest BCUT2D eigenvalue weighted by molar-refractivity contribution is -0.117. The predicted octanol–water partition coefficient (Wildman–Crippen LogP) is 2.80. The number of benzene rings is 1. The van der Waals surface area contributed by atoms with Crippen LogP contribution in [0.3, 0.4) is 0 Å². The molecule has 0 aliphatic rings. The van der Waals surface area contributed by atoms with Crippen LogP contribution >= 0.6 is 0 Å². The van der Waals surface area contributed by atoms with Crippen LogP contribution in [0.25, 0.3) is 0 Å². The number of halogens is 4. The van der Waals surface area contributed by atoms with Crippen molar-refractivity contribution in [2.24, 2.45) is 0 Å². The Labute approximate surface area is 159 Å². The molecule has 0 spiro atoms. The van der Waals surface area contributed by atoms with E-state index in [4.69, 9.17) is 5.73 Å². The van der Waals surface area contributed by atoms with Crippen molar-refractivity contribution in [2.75, 3.05) is 34.6 Å². The number of sulfonamides is 1. The first kappa shape index (κ1) is 21.7. The van der Waals surface area contributed by atoms with Gasteiger partial charge in [0.1, 0.15) is 18.0 Å². The Morgan fingerprint density at radius 2 is 1.68 bits per heavy atom. The van der Waals surface area contributed by atoms with Crippen molar-refractivity contribution in [1.82, 2.24) is 9.97 Å². The van der Waals surface area contributed by atoms with Gasteiger partial charge in [-0.15, -0.1) is 0 Å². The normalized spacial score (nSPS) is 12.1. The van der Waals surface area contributed by atoms with Gasteiger partial charge in [-0.3, -0.25) is 4.31 Å². The van der Waals surface area contributed by atoms with Gasteiger partial charge in [-0.1, -0.05) is 0 Å². The number of alkyl halides is 3. The summed E-state index contributed by atoms with van der Waals surface area (Å²) in [5.74, 6) is -0.989. The molecule has 0 saturated carbocycles. The molecule has 0 aliphatic heterocycles. The van der Waals surface area contributed by atoms with Crippen LogP contribution in [0.1, 0.15) is 13.8 Å². The summed E-state index contributed by atoms with van der Waals surface area (Å²) in [5.41, 5.74) is 5.26. The summed E-state index contributed by atoms with van der Waals surface area (Å²) in [6.07, 6.45) is -3.93. The van der Waals surface area contributed by atoms with Crippen molar-refractivity contribution in [2.45, 2.75) is 24.9 Å². The number of aromatic nitrogens is 2. The molecule has 0 saturated heterocycles. The Morgan fingerprint density at radius 3 is 2.14 bits per heavy atom. The Kier molecular flexibility index (Phi) is 6.32. The topological polar surface area (TPSA) is 92.4 Å². The van der Waals surface area contributed by atoms with Crippen molar-refractivity contribution >= 4 is 27.5 Å². The maximum absolute atomic E-state index is 13.1. The molecule has 0 amide bonds. The quantitative estimate of drug-likeness (QED) is 0.692. The SMILES string of the molecule is CCN(CC)c1ncc(N(CC(F)(F)F)S(=O)(=O)c2ccc(F)cc2)c(N)n1. The van der Waals surface area contributed by atoms with Crippen molar-refractivity contribution in [3.8, 4) is 0 Å². The van der Waals surface area contributed by atoms with E-state index in [0.29, 0.717) is 13.1 Å². The number of anilines is 3. The summed E-state index contributed by atoms with van der Waals surface area (Å²) in [6, 6.07) is 3.41. The molecule has 7 nitrogen and oxygen atoms in total. The molecule has 0 unspecified atom stereocenters. The summed E-state index contributed by atoms with van der Waals surface area (Å²) >= 11 is 0. The zero-order valence-corrected chi connectivity index (χ0v) is 15.9. The molecule has 2 rings (SSSR count). The summed E-state index contributed by atoms with van der Waals surface area (Å²) in [5, 5.41) is 0. The Morgan fingerprint density at radius 1 is 1.11 bits per heavy atom. The molecular formula is C16H19F4N5O2S. The van der Waals surface area contributed by atoms with Gasteiger partial charge in [0.2, 0.25) is 5.95 Å². The summed E-state index contributed by atoms with van der Waals surface area (Å²) in [7, 11) is -4.70. The van der Waals surface area contributed by atoms with Gasteiger partial charge in [-0.05, 0) is 38.1 Å². The molecule has 0 aliphatic carbocycles. The van der Waals surface area contributed by atoms with Crippen molar-refractivity contribution < 1.29 is 26.0 Å². The highest BCUT2D eigenvalue weighted by molar-refractivity contribution is 7.92. The molecule has 2 N–H and O–H groups in total. The predicted molar refractivity (Wildman–Crippen MR) is 97.0 cm³/mol. The van der Waals surface area contributed by atoms with Crippen molar-refractivity contribution in [3.63, 3.8) is 0 Å². The van der Waals surface area contributed by atoms with Crippen molar-refractivity contribution in [3.05, 3.63) is 36.3 Å². The number of nitrogens with zero attached hydrogens (tertiary/aromatic N) is 4. The van der Waals surface area contributed by atoms with E-state index < -0.39 is 45.0 Å². The highest BCUT2D eigenvalue weighted by Gasteiger charge is 2.38. The van der Waals surface area contributed by atoms with Gasteiger partial charge in [0.25, 0.3) is 10.0 Å². The van der Waals surface area contributed by atoms with Gasteiger partial charge in [0.15, 0.2) is 5.82 Å². The summed E-state index contributed by atoms with van der Waals surface area (Å²) in [4.78, 5) is 9.08. The third-order valence-corrected chi connectivity index (χ3v) is 5.60. The lowest BCUT2D eigenvalue weighted by Gasteiger charge is -2.27. The first-order chi connectivity index (χ1) is 13.0. The second-order valence-corrected chi connectivity index (χ2v) is 7.56. The molecule has 28 heavy (non-hydrogen) atoms. The number of nitrogen functional groups attached to an aromatic ring is 1. The van der Waals surface area contributed by atoms with Crippen LogP contribution in [0.15, 0.2) is 35.4 Å². The highest BCUT2D eigenvalue weighted by atomic mass is 32.2. The molecule has 12 heteroatoms. The minimum Gasteiger partial charge on any atom is -0.382 e. The number of hydrogen-bond acceptors (Lipinski definition) is 6. The van der Waals surface area contributed by atoms with Gasteiger partial charge in [-0.2, -0.15) is 18.2 Å². The fourth-order valence-electron chi connectivity index (χ4n) is 2.43. The first-order valence-corrected chi connectivity index (χ1v) is 9.66. The summed E-state index contributed by atoms with van der Waals surface area (Å²) < 4.78 is 78.0. The standard InChI is InChI=1S/C16H19F4N5O2S/c1-3-24(4-2)15-22-9-13(14(21)23-15)25(10-16(18,19)20)28(26,27)12-7-5-11(17)6-8-12/h5-9H,3-4,10H2,1-2H3,(H2,21,22,23). The average Bonchev–Trinajstić information content (AvgIpc) is 2.61. The van der Waals surface area contributed by atoms with Crippen LogP contribution in [0, 0.1) is 5.82 Å². The minimum atomic E-state index is -4.86. The minimum absolute atomic E-state index is 0.0710. The fraction of sp³-hybridized carbons (Fsp3) is 0.375. The van der Waals surface area contributed by atoms with E-state index in [1.54, 1.807) is 4.90 Å². The maximum atomic E-state index is 13.1. The Balaban J connectivity index is 2.56. The van der Waals surface area contributed by atoms with E-state index in [1.807, 2.05) is 13.8 Å². The number of hydrogen-bond donors (Lipinski definition) is 1. The number of rotatable bonds is 7. The van der Waals surface area contributed by atoms with Crippen LogP contribution in [0.2, 0.25) is 0 Å². The molecule has 0 bridgehead atoms. The molecule has 0 atom stereocenters. The first-order valence-electron chi connectivity index (χ1n) is 8.22. The van der Waals surface area contributed by atoms with Gasteiger partial charge in [0.05, 0.1) is 11.1 Å². The molecule has 1 aromatic heterocycles. The van der Waals surface area contributed by atoms with E-state index in [2.05, 4.69) is 9.97 Å². The van der Waals surface area contributed by atoms with E-state index in [0.717, 1.165) is 30.5 Å². The van der Waals surface area contributed by atoms with Gasteiger partial charge >= 0.3 is 6.18 Å². The smallest absolute Gasteiger partial charge is 0.382 e. The molecule has 1 heterocycles. The third kappa shape index (κ3) is 4.80. The molecule has 1 aromatic carbocycles. The van der Waals surface area contributed by atoms with Gasteiger partial charge in [0, 0.05) is 13.1 Å². The average molecular weight is 421 g/mol. The molecule has 154 valence electrons. The maximum Gasteiger partial charge on any atom is 0.407 e. The summed E-state index contributed by atoms with van der Waals surface area (Å²) in [6.45, 7) is 2.85. The van der Waals surface area contributed by atoms with Crippen LogP contribution in [-0.4, -0.2) is 44.2 Å². The molecule has 0 fully saturated rings. The zero-order valence-electron chi connectivity index (χ0n) is 15.1. The third-order valence-electron chi connectivity index (χ3n) is 3.82. The largest absolute Gasteiger partial charge is 0.407 e. The molecular weight excluding hydrogens is 402 g/mol. The fourth-order valence-corrected chi connectivity index (χ4v) is 3.88. The van der Waals surface area contributed by atoms with Crippen LogP contribution in [-0.2, 0) is 10.0 Å². The lowest BCUT2D eigenvalue weighted by Crippen LogP contribution is -2.40. The highest BCUT2D eigenvalue weighted by Crippen LogP contribution is 2.32.